The van der Waals surface area contributed by atoms with Gasteiger partial charge in [-0.25, -0.2) is 9.97 Å². The lowest BCUT2D eigenvalue weighted by molar-refractivity contribution is 0.443. The van der Waals surface area contributed by atoms with Crippen LogP contribution in [0.3, 0.4) is 0 Å². The number of aromatic nitrogens is 3. The van der Waals surface area contributed by atoms with Gasteiger partial charge in [-0.05, 0) is 57.5 Å². The quantitative estimate of drug-likeness (QED) is 0.444. The standard InChI is InChI=1S/C27H30N6/c1-18-10-19(2)12-20(11-18)24-15-29-16-26(27(24)33-8-6-22(28-3)7-9-33)32-23-4-5-25-21(13-23)14-30-17-31-25/h4-5,10-17,22,28,32H,6-9H2,1-3H3. The number of hydrogen-bond acceptors (Lipinski definition) is 6. The Morgan fingerprint density at radius 3 is 2.45 bits per heavy atom. The molecule has 2 aromatic carbocycles. The number of benzene rings is 2. The number of anilines is 3. The largest absolute Gasteiger partial charge is 0.369 e. The van der Waals surface area contributed by atoms with E-state index < -0.39 is 0 Å². The molecule has 1 aliphatic heterocycles. The molecule has 0 saturated carbocycles. The van der Waals surface area contributed by atoms with Gasteiger partial charge in [0.25, 0.3) is 0 Å². The first kappa shape index (κ1) is 21.3. The Hall–Kier alpha value is -3.51. The molecule has 6 heteroatoms. The second-order valence-electron chi connectivity index (χ2n) is 8.93. The number of aryl methyl sites for hydroxylation is 2. The second kappa shape index (κ2) is 9.16. The molecule has 0 amide bonds. The van der Waals surface area contributed by atoms with Crippen LogP contribution in [-0.4, -0.2) is 41.1 Å². The van der Waals surface area contributed by atoms with Crippen molar-refractivity contribution in [2.24, 2.45) is 0 Å². The predicted octanol–water partition coefficient (Wildman–Crippen LogP) is 5.24. The SMILES string of the molecule is CNC1CCN(c2c(Nc3ccc4ncncc4c3)cncc2-c2cc(C)cc(C)c2)CC1. The first-order valence-electron chi connectivity index (χ1n) is 11.6. The zero-order valence-electron chi connectivity index (χ0n) is 19.5. The van der Waals surface area contributed by atoms with Crippen molar-refractivity contribution in [3.8, 4) is 11.1 Å². The van der Waals surface area contributed by atoms with Gasteiger partial charge in [0.05, 0.1) is 23.1 Å². The molecule has 2 N–H and O–H groups in total. The molecule has 0 bridgehead atoms. The van der Waals surface area contributed by atoms with E-state index in [2.05, 4.69) is 81.7 Å². The summed E-state index contributed by atoms with van der Waals surface area (Å²) in [7, 11) is 2.06. The first-order chi connectivity index (χ1) is 16.1. The number of nitrogens with zero attached hydrogens (tertiary/aromatic N) is 4. The van der Waals surface area contributed by atoms with Crippen LogP contribution in [-0.2, 0) is 0 Å². The van der Waals surface area contributed by atoms with Crippen LogP contribution < -0.4 is 15.5 Å². The highest BCUT2D eigenvalue weighted by Crippen LogP contribution is 2.40. The molecule has 5 rings (SSSR count). The Balaban J connectivity index is 1.59. The Labute approximate surface area is 195 Å². The summed E-state index contributed by atoms with van der Waals surface area (Å²) < 4.78 is 0. The maximum atomic E-state index is 4.64. The zero-order valence-corrected chi connectivity index (χ0v) is 19.5. The van der Waals surface area contributed by atoms with Crippen LogP contribution in [0.25, 0.3) is 22.0 Å². The topological polar surface area (TPSA) is 66.0 Å². The molecule has 33 heavy (non-hydrogen) atoms. The van der Waals surface area contributed by atoms with E-state index in [-0.39, 0.29) is 0 Å². The van der Waals surface area contributed by atoms with Gasteiger partial charge in [-0.15, -0.1) is 0 Å². The van der Waals surface area contributed by atoms with Gasteiger partial charge in [0, 0.05) is 48.2 Å². The van der Waals surface area contributed by atoms with E-state index in [0.29, 0.717) is 6.04 Å². The van der Waals surface area contributed by atoms with Crippen molar-refractivity contribution in [1.29, 1.82) is 0 Å². The molecule has 0 aliphatic carbocycles. The molecule has 1 saturated heterocycles. The Morgan fingerprint density at radius 2 is 1.70 bits per heavy atom. The fourth-order valence-corrected chi connectivity index (χ4v) is 4.84. The summed E-state index contributed by atoms with van der Waals surface area (Å²) in [6.45, 7) is 6.32. The second-order valence-corrected chi connectivity index (χ2v) is 8.93. The van der Waals surface area contributed by atoms with E-state index in [9.17, 15) is 0 Å². The Morgan fingerprint density at radius 1 is 0.909 bits per heavy atom. The van der Waals surface area contributed by atoms with Crippen molar-refractivity contribution in [3.05, 3.63) is 72.4 Å². The number of pyridine rings is 1. The maximum Gasteiger partial charge on any atom is 0.116 e. The van der Waals surface area contributed by atoms with E-state index in [4.69, 9.17) is 0 Å². The van der Waals surface area contributed by atoms with Gasteiger partial charge in [0.1, 0.15) is 6.33 Å². The summed E-state index contributed by atoms with van der Waals surface area (Å²) in [6.07, 6.45) is 9.63. The van der Waals surface area contributed by atoms with Gasteiger partial charge < -0.3 is 15.5 Å². The molecule has 168 valence electrons. The highest BCUT2D eigenvalue weighted by molar-refractivity contribution is 5.90. The molecular formula is C27H30N6. The van der Waals surface area contributed by atoms with Crippen LogP contribution in [0.5, 0.6) is 0 Å². The molecular weight excluding hydrogens is 408 g/mol. The Kier molecular flexibility index (Phi) is 5.92. The normalized spacial score (nSPS) is 14.6. The monoisotopic (exact) mass is 438 g/mol. The third-order valence-electron chi connectivity index (χ3n) is 6.45. The van der Waals surface area contributed by atoms with Crippen molar-refractivity contribution in [3.63, 3.8) is 0 Å². The molecule has 2 aromatic heterocycles. The summed E-state index contributed by atoms with van der Waals surface area (Å²) in [5.74, 6) is 0. The van der Waals surface area contributed by atoms with Crippen molar-refractivity contribution in [2.45, 2.75) is 32.7 Å². The van der Waals surface area contributed by atoms with Gasteiger partial charge in [-0.2, -0.15) is 0 Å². The van der Waals surface area contributed by atoms with Gasteiger partial charge >= 0.3 is 0 Å². The lowest BCUT2D eigenvalue weighted by atomic mass is 9.97. The minimum absolute atomic E-state index is 0.574. The number of nitrogens with one attached hydrogen (secondary N) is 2. The van der Waals surface area contributed by atoms with Gasteiger partial charge in [-0.1, -0.05) is 29.3 Å². The van der Waals surface area contributed by atoms with Crippen molar-refractivity contribution >= 4 is 28.0 Å². The number of fused-ring (bicyclic) bond motifs is 1. The predicted molar refractivity (Wildman–Crippen MR) is 136 cm³/mol. The third kappa shape index (κ3) is 4.52. The average Bonchev–Trinajstić information content (AvgIpc) is 2.83. The fraction of sp³-hybridized carbons (Fsp3) is 0.296. The van der Waals surface area contributed by atoms with Crippen molar-refractivity contribution in [1.82, 2.24) is 20.3 Å². The fourth-order valence-electron chi connectivity index (χ4n) is 4.84. The van der Waals surface area contributed by atoms with E-state index in [0.717, 1.165) is 48.2 Å². The third-order valence-corrected chi connectivity index (χ3v) is 6.45. The highest BCUT2D eigenvalue weighted by Gasteiger charge is 2.23. The minimum atomic E-state index is 0.574. The highest BCUT2D eigenvalue weighted by atomic mass is 15.2. The summed E-state index contributed by atoms with van der Waals surface area (Å²) in [5, 5.41) is 8.10. The smallest absolute Gasteiger partial charge is 0.116 e. The molecule has 6 nitrogen and oxygen atoms in total. The summed E-state index contributed by atoms with van der Waals surface area (Å²) in [6, 6.07) is 13.5. The van der Waals surface area contributed by atoms with Crippen LogP contribution in [0.4, 0.5) is 17.1 Å². The van der Waals surface area contributed by atoms with E-state index in [1.165, 1.54) is 27.9 Å². The first-order valence-corrected chi connectivity index (χ1v) is 11.6. The number of rotatable bonds is 5. The van der Waals surface area contributed by atoms with Crippen LogP contribution in [0.15, 0.2) is 61.3 Å². The minimum Gasteiger partial charge on any atom is -0.369 e. The lowest BCUT2D eigenvalue weighted by Crippen LogP contribution is -2.41. The molecule has 4 aromatic rings. The van der Waals surface area contributed by atoms with Crippen molar-refractivity contribution < 1.29 is 0 Å². The van der Waals surface area contributed by atoms with Gasteiger partial charge in [0.2, 0.25) is 0 Å². The summed E-state index contributed by atoms with van der Waals surface area (Å²) >= 11 is 0. The van der Waals surface area contributed by atoms with Crippen LogP contribution >= 0.6 is 0 Å². The molecule has 0 radical (unpaired) electrons. The van der Waals surface area contributed by atoms with E-state index >= 15 is 0 Å². The van der Waals surface area contributed by atoms with Crippen LogP contribution in [0.2, 0.25) is 0 Å². The molecule has 0 atom stereocenters. The van der Waals surface area contributed by atoms with Crippen LogP contribution in [0.1, 0.15) is 24.0 Å². The zero-order chi connectivity index (χ0) is 22.8. The molecule has 1 aliphatic rings. The summed E-state index contributed by atoms with van der Waals surface area (Å²) in [5.41, 5.74) is 9.07. The Bertz CT molecular complexity index is 1260. The molecule has 3 heterocycles. The van der Waals surface area contributed by atoms with Gasteiger partial charge in [-0.3, -0.25) is 4.98 Å². The average molecular weight is 439 g/mol. The maximum absolute atomic E-state index is 4.64. The number of piperidine rings is 1. The summed E-state index contributed by atoms with van der Waals surface area (Å²) in [4.78, 5) is 15.7. The lowest BCUT2D eigenvalue weighted by Gasteiger charge is -2.36. The van der Waals surface area contributed by atoms with Crippen molar-refractivity contribution in [2.75, 3.05) is 30.4 Å². The van der Waals surface area contributed by atoms with E-state index in [1.54, 1.807) is 6.33 Å². The van der Waals surface area contributed by atoms with Gasteiger partial charge in [0.15, 0.2) is 0 Å². The van der Waals surface area contributed by atoms with Crippen LogP contribution in [0, 0.1) is 13.8 Å². The number of hydrogen-bond donors (Lipinski definition) is 2. The van der Waals surface area contributed by atoms with E-state index in [1.807, 2.05) is 24.7 Å². The molecule has 0 spiro atoms. The molecule has 1 fully saturated rings. The molecule has 0 unspecified atom stereocenters.